The molecule has 1 heterocycles. The first kappa shape index (κ1) is 10.8. The Balaban J connectivity index is 1.64. The van der Waals surface area contributed by atoms with E-state index in [1.165, 1.54) is 4.88 Å². The van der Waals surface area contributed by atoms with Gasteiger partial charge in [0.1, 0.15) is 5.78 Å². The van der Waals surface area contributed by atoms with Crippen LogP contribution in [0.2, 0.25) is 0 Å². The number of hydrogen-bond donors (Lipinski definition) is 0. The van der Waals surface area contributed by atoms with E-state index in [2.05, 4.69) is 17.5 Å². The van der Waals surface area contributed by atoms with Crippen LogP contribution in [0, 0.1) is 0 Å². The second-order valence-corrected chi connectivity index (χ2v) is 4.97. The van der Waals surface area contributed by atoms with Gasteiger partial charge in [-0.3, -0.25) is 4.79 Å². The second kappa shape index (κ2) is 5.42. The molecule has 1 aromatic heterocycles. The molecule has 0 bridgehead atoms. The third kappa shape index (κ3) is 3.43. The number of carbonyl (C=O) groups excluding carboxylic acids is 1. The minimum Gasteiger partial charge on any atom is -0.378 e. The predicted octanol–water partition coefficient (Wildman–Crippen LogP) is 2.82. The molecule has 82 valence electrons. The van der Waals surface area contributed by atoms with Crippen molar-refractivity contribution < 1.29 is 9.53 Å². The van der Waals surface area contributed by atoms with Gasteiger partial charge in [-0.2, -0.15) is 0 Å². The molecule has 1 aliphatic carbocycles. The Bertz CT molecular complexity index is 295. The largest absolute Gasteiger partial charge is 0.378 e. The first-order valence-electron chi connectivity index (χ1n) is 5.50. The number of ketones is 1. The second-order valence-electron chi connectivity index (χ2n) is 3.94. The van der Waals surface area contributed by atoms with Crippen molar-refractivity contribution in [1.29, 1.82) is 0 Å². The normalized spacial score (nSPS) is 18.3. The van der Waals surface area contributed by atoms with Gasteiger partial charge in [0.15, 0.2) is 0 Å². The Hall–Kier alpha value is -0.670. The Labute approximate surface area is 94.3 Å². The Kier molecular flexibility index (Phi) is 3.92. The van der Waals surface area contributed by atoms with Gasteiger partial charge in [0.25, 0.3) is 0 Å². The molecule has 0 aromatic carbocycles. The first-order valence-corrected chi connectivity index (χ1v) is 6.38. The highest BCUT2D eigenvalue weighted by molar-refractivity contribution is 7.09. The summed E-state index contributed by atoms with van der Waals surface area (Å²) in [4.78, 5) is 12.4. The Morgan fingerprint density at radius 3 is 2.87 bits per heavy atom. The summed E-state index contributed by atoms with van der Waals surface area (Å²) in [5.41, 5.74) is 0. The van der Waals surface area contributed by atoms with Gasteiger partial charge in [0.05, 0.1) is 12.7 Å². The molecule has 0 N–H and O–H groups in total. The molecule has 1 aliphatic rings. The average molecular weight is 224 g/mol. The number of hydrogen-bond acceptors (Lipinski definition) is 3. The number of ether oxygens (including phenoxy) is 1. The van der Waals surface area contributed by atoms with Gasteiger partial charge in [-0.15, -0.1) is 11.3 Å². The molecule has 2 rings (SSSR count). The van der Waals surface area contributed by atoms with Crippen LogP contribution in [-0.4, -0.2) is 18.5 Å². The van der Waals surface area contributed by atoms with E-state index in [1.807, 2.05) is 0 Å². The summed E-state index contributed by atoms with van der Waals surface area (Å²) in [6.07, 6.45) is 4.59. The van der Waals surface area contributed by atoms with Gasteiger partial charge in [-0.1, -0.05) is 6.07 Å². The van der Waals surface area contributed by atoms with Crippen molar-refractivity contribution in [3.8, 4) is 0 Å². The quantitative estimate of drug-likeness (QED) is 0.786. The van der Waals surface area contributed by atoms with Crippen molar-refractivity contribution in [2.45, 2.75) is 38.2 Å². The Morgan fingerprint density at radius 2 is 2.20 bits per heavy atom. The summed E-state index contributed by atoms with van der Waals surface area (Å²) in [5.74, 6) is 0.396. The van der Waals surface area contributed by atoms with Crippen LogP contribution in [0.15, 0.2) is 17.5 Å². The molecule has 1 aromatic rings. The van der Waals surface area contributed by atoms with Crippen LogP contribution in [0.1, 0.15) is 30.6 Å². The van der Waals surface area contributed by atoms with Crippen molar-refractivity contribution in [3.63, 3.8) is 0 Å². The van der Waals surface area contributed by atoms with E-state index in [-0.39, 0.29) is 0 Å². The maximum atomic E-state index is 11.0. The highest BCUT2D eigenvalue weighted by Crippen LogP contribution is 2.18. The van der Waals surface area contributed by atoms with E-state index in [4.69, 9.17) is 4.74 Å². The van der Waals surface area contributed by atoms with Gasteiger partial charge >= 0.3 is 0 Å². The van der Waals surface area contributed by atoms with Crippen molar-refractivity contribution in [3.05, 3.63) is 22.4 Å². The van der Waals surface area contributed by atoms with Gasteiger partial charge in [0, 0.05) is 24.1 Å². The van der Waals surface area contributed by atoms with E-state index >= 15 is 0 Å². The molecule has 15 heavy (non-hydrogen) atoms. The number of thiophene rings is 1. The maximum Gasteiger partial charge on any atom is 0.133 e. The maximum absolute atomic E-state index is 11.0. The minimum atomic E-state index is 0.322. The molecule has 0 radical (unpaired) electrons. The molecule has 2 nitrogen and oxygen atoms in total. The Morgan fingerprint density at radius 1 is 1.40 bits per heavy atom. The highest BCUT2D eigenvalue weighted by atomic mass is 32.1. The summed E-state index contributed by atoms with van der Waals surface area (Å²) in [7, 11) is 0. The number of carbonyl (C=O) groups is 1. The monoisotopic (exact) mass is 224 g/mol. The SMILES string of the molecule is O=C1CCC(OCCc2cccs2)CC1. The third-order valence-corrected chi connectivity index (χ3v) is 3.71. The molecular weight excluding hydrogens is 208 g/mol. The molecule has 0 unspecified atom stereocenters. The fourth-order valence-corrected chi connectivity index (χ4v) is 2.55. The zero-order valence-corrected chi connectivity index (χ0v) is 9.59. The molecule has 0 atom stereocenters. The van der Waals surface area contributed by atoms with Gasteiger partial charge in [-0.25, -0.2) is 0 Å². The fourth-order valence-electron chi connectivity index (χ4n) is 1.86. The van der Waals surface area contributed by atoms with Crippen LogP contribution in [0.25, 0.3) is 0 Å². The lowest BCUT2D eigenvalue weighted by Crippen LogP contribution is -2.22. The topological polar surface area (TPSA) is 26.3 Å². The van der Waals surface area contributed by atoms with Crippen molar-refractivity contribution >= 4 is 17.1 Å². The minimum absolute atomic E-state index is 0.322. The van der Waals surface area contributed by atoms with Gasteiger partial charge in [0.2, 0.25) is 0 Å². The molecule has 3 heteroatoms. The lowest BCUT2D eigenvalue weighted by atomic mass is 9.96. The molecule has 0 spiro atoms. The predicted molar refractivity (Wildman–Crippen MR) is 61.2 cm³/mol. The third-order valence-electron chi connectivity index (χ3n) is 2.77. The zero-order chi connectivity index (χ0) is 10.5. The number of Topliss-reactive ketones (excluding diaryl/α,β-unsaturated/α-hetero) is 1. The molecule has 0 saturated heterocycles. The van der Waals surface area contributed by atoms with Crippen LogP contribution in [-0.2, 0) is 16.0 Å². The summed E-state index contributed by atoms with van der Waals surface area (Å²) in [6, 6.07) is 4.21. The first-order chi connectivity index (χ1) is 7.34. The zero-order valence-electron chi connectivity index (χ0n) is 8.78. The molecule has 0 amide bonds. The average Bonchev–Trinajstić information content (AvgIpc) is 2.74. The lowest BCUT2D eigenvalue weighted by molar-refractivity contribution is -0.122. The van der Waals surface area contributed by atoms with Crippen LogP contribution in [0.5, 0.6) is 0 Å². The summed E-state index contributed by atoms with van der Waals surface area (Å²) < 4.78 is 5.76. The van der Waals surface area contributed by atoms with Gasteiger partial charge in [-0.05, 0) is 24.3 Å². The van der Waals surface area contributed by atoms with Crippen LogP contribution < -0.4 is 0 Å². The van der Waals surface area contributed by atoms with E-state index in [1.54, 1.807) is 11.3 Å². The molecule has 0 aliphatic heterocycles. The fraction of sp³-hybridized carbons (Fsp3) is 0.583. The standard InChI is InChI=1S/C12H16O2S/c13-10-3-5-11(6-4-10)14-8-7-12-2-1-9-15-12/h1-2,9,11H,3-8H2. The molecular formula is C12H16O2S. The summed E-state index contributed by atoms with van der Waals surface area (Å²) >= 11 is 1.78. The van der Waals surface area contributed by atoms with E-state index < -0.39 is 0 Å². The van der Waals surface area contributed by atoms with Crippen molar-refractivity contribution in [1.82, 2.24) is 0 Å². The summed E-state index contributed by atoms with van der Waals surface area (Å²) in [5, 5.41) is 2.09. The lowest BCUT2D eigenvalue weighted by Gasteiger charge is -2.21. The van der Waals surface area contributed by atoms with Crippen molar-refractivity contribution in [2.24, 2.45) is 0 Å². The van der Waals surface area contributed by atoms with Gasteiger partial charge < -0.3 is 4.74 Å². The van der Waals surface area contributed by atoms with Crippen LogP contribution in [0.4, 0.5) is 0 Å². The van der Waals surface area contributed by atoms with E-state index in [9.17, 15) is 4.79 Å². The van der Waals surface area contributed by atoms with Crippen molar-refractivity contribution in [2.75, 3.05) is 6.61 Å². The van der Waals surface area contributed by atoms with E-state index in [0.717, 1.165) is 25.9 Å². The summed E-state index contributed by atoms with van der Waals surface area (Å²) in [6.45, 7) is 0.791. The molecule has 1 saturated carbocycles. The van der Waals surface area contributed by atoms with E-state index in [0.29, 0.717) is 24.7 Å². The number of rotatable bonds is 4. The smallest absolute Gasteiger partial charge is 0.133 e. The molecule has 1 fully saturated rings. The van der Waals surface area contributed by atoms with Crippen LogP contribution in [0.3, 0.4) is 0 Å². The van der Waals surface area contributed by atoms with Crippen LogP contribution >= 0.6 is 11.3 Å². The highest BCUT2D eigenvalue weighted by Gasteiger charge is 2.18.